The van der Waals surface area contributed by atoms with Gasteiger partial charge in [0.05, 0.1) is 5.52 Å². The van der Waals surface area contributed by atoms with E-state index < -0.39 is 0 Å². The van der Waals surface area contributed by atoms with Crippen LogP contribution in [0, 0.1) is 0 Å². The van der Waals surface area contributed by atoms with E-state index in [4.69, 9.17) is 9.47 Å². The molecule has 29 heavy (non-hydrogen) atoms. The van der Waals surface area contributed by atoms with Crippen LogP contribution in [0.15, 0.2) is 60.8 Å². The third-order valence-corrected chi connectivity index (χ3v) is 5.10. The monoisotopic (exact) mass is 408 g/mol. The van der Waals surface area contributed by atoms with E-state index in [9.17, 15) is 4.79 Å². The van der Waals surface area contributed by atoms with Crippen LogP contribution in [0.3, 0.4) is 0 Å². The van der Waals surface area contributed by atoms with Crippen LogP contribution in [0.2, 0.25) is 0 Å². The van der Waals surface area contributed by atoms with Crippen molar-refractivity contribution in [3.8, 4) is 5.75 Å². The third kappa shape index (κ3) is 4.79. The summed E-state index contributed by atoms with van der Waals surface area (Å²) in [5.41, 5.74) is 2.04. The number of aromatic nitrogens is 3. The second-order valence-corrected chi connectivity index (χ2v) is 7.48. The fourth-order valence-electron chi connectivity index (χ4n) is 2.93. The van der Waals surface area contributed by atoms with Crippen LogP contribution in [0.25, 0.3) is 10.9 Å². The molecule has 0 aliphatic heterocycles. The minimum absolute atomic E-state index is 0.168. The maximum absolute atomic E-state index is 12.4. The Kier molecular flexibility index (Phi) is 5.83. The van der Waals surface area contributed by atoms with Gasteiger partial charge < -0.3 is 14.0 Å². The van der Waals surface area contributed by atoms with E-state index in [1.165, 1.54) is 11.3 Å². The Balaban J connectivity index is 1.43. The topological polar surface area (TPSA) is 78.3 Å². The Hall–Kier alpha value is -3.23. The molecule has 0 unspecified atom stereocenters. The smallest absolute Gasteiger partial charge is 0.246 e. The standard InChI is InChI=1S/C21H20N4O3S/c1-27-14-20-23-24-21(29-20)22-19(26)12-25-10-9-16-7-8-17(11-18(16)25)28-13-15-5-3-2-4-6-15/h2-11H,12-14H2,1H3,(H,22,24,26). The number of nitrogens with zero attached hydrogens (tertiary/aromatic N) is 3. The second kappa shape index (κ2) is 8.85. The second-order valence-electron chi connectivity index (χ2n) is 6.42. The molecule has 0 aliphatic rings. The lowest BCUT2D eigenvalue weighted by molar-refractivity contribution is -0.116. The molecule has 0 spiro atoms. The zero-order chi connectivity index (χ0) is 20.1. The summed E-state index contributed by atoms with van der Waals surface area (Å²) >= 11 is 1.30. The summed E-state index contributed by atoms with van der Waals surface area (Å²) in [4.78, 5) is 12.4. The van der Waals surface area contributed by atoms with Crippen molar-refractivity contribution in [1.29, 1.82) is 0 Å². The van der Waals surface area contributed by atoms with Gasteiger partial charge in [0.1, 0.15) is 30.5 Å². The normalized spacial score (nSPS) is 10.9. The Labute approximate surface area is 171 Å². The fraction of sp³-hybridized carbons (Fsp3) is 0.190. The SMILES string of the molecule is COCc1nnc(NC(=O)Cn2ccc3ccc(OCc4ccccc4)cc32)s1. The molecule has 0 fully saturated rings. The summed E-state index contributed by atoms with van der Waals surface area (Å²) in [7, 11) is 1.59. The lowest BCUT2D eigenvalue weighted by Crippen LogP contribution is -2.18. The molecule has 0 bridgehead atoms. The molecule has 1 N–H and O–H groups in total. The maximum Gasteiger partial charge on any atom is 0.246 e. The van der Waals surface area contributed by atoms with E-state index in [0.29, 0.717) is 18.3 Å². The third-order valence-electron chi connectivity index (χ3n) is 4.29. The highest BCUT2D eigenvalue weighted by Crippen LogP contribution is 2.23. The van der Waals surface area contributed by atoms with Gasteiger partial charge in [-0.05, 0) is 29.1 Å². The van der Waals surface area contributed by atoms with Crippen molar-refractivity contribution in [2.75, 3.05) is 12.4 Å². The lowest BCUT2D eigenvalue weighted by Gasteiger charge is -2.09. The van der Waals surface area contributed by atoms with Crippen molar-refractivity contribution in [1.82, 2.24) is 14.8 Å². The fourth-order valence-corrected chi connectivity index (χ4v) is 3.66. The van der Waals surface area contributed by atoms with Crippen LogP contribution in [-0.2, 0) is 29.3 Å². The van der Waals surface area contributed by atoms with Crippen molar-refractivity contribution in [2.24, 2.45) is 0 Å². The first-order valence-electron chi connectivity index (χ1n) is 9.08. The number of ether oxygens (including phenoxy) is 2. The molecule has 148 valence electrons. The van der Waals surface area contributed by atoms with Crippen molar-refractivity contribution in [3.05, 3.63) is 71.4 Å². The summed E-state index contributed by atoms with van der Waals surface area (Å²) in [6.07, 6.45) is 1.89. The summed E-state index contributed by atoms with van der Waals surface area (Å²) in [5, 5.41) is 12.9. The van der Waals surface area contributed by atoms with Crippen LogP contribution in [0.4, 0.5) is 5.13 Å². The molecule has 4 aromatic rings. The zero-order valence-electron chi connectivity index (χ0n) is 15.9. The van der Waals surface area contributed by atoms with E-state index in [-0.39, 0.29) is 12.5 Å². The van der Waals surface area contributed by atoms with E-state index in [1.54, 1.807) is 7.11 Å². The minimum Gasteiger partial charge on any atom is -0.489 e. The molecule has 2 aromatic carbocycles. The zero-order valence-corrected chi connectivity index (χ0v) is 16.7. The minimum atomic E-state index is -0.168. The van der Waals surface area contributed by atoms with E-state index in [1.807, 2.05) is 65.4 Å². The quantitative estimate of drug-likeness (QED) is 0.479. The molecule has 4 rings (SSSR count). The first-order valence-corrected chi connectivity index (χ1v) is 9.90. The molecule has 1 amide bonds. The molecule has 0 aliphatic carbocycles. The Morgan fingerprint density at radius 2 is 1.97 bits per heavy atom. The molecule has 7 nitrogen and oxygen atoms in total. The number of carbonyl (C=O) groups excluding carboxylic acids is 1. The molecule has 0 radical (unpaired) electrons. The first-order chi connectivity index (χ1) is 14.2. The first kappa shape index (κ1) is 19.1. The predicted octanol–water partition coefficient (Wildman–Crippen LogP) is 3.86. The highest BCUT2D eigenvalue weighted by atomic mass is 32.1. The van der Waals surface area contributed by atoms with Crippen LogP contribution in [0.5, 0.6) is 5.75 Å². The van der Waals surface area contributed by atoms with Gasteiger partial charge in [-0.3, -0.25) is 10.1 Å². The number of amides is 1. The van der Waals surface area contributed by atoms with Gasteiger partial charge in [-0.25, -0.2) is 0 Å². The largest absolute Gasteiger partial charge is 0.489 e. The molecule has 0 saturated carbocycles. The average molecular weight is 408 g/mol. The average Bonchev–Trinajstić information content (AvgIpc) is 3.34. The van der Waals surface area contributed by atoms with Gasteiger partial charge in [0.15, 0.2) is 0 Å². The van der Waals surface area contributed by atoms with Gasteiger partial charge >= 0.3 is 0 Å². The number of carbonyl (C=O) groups is 1. The molecular formula is C21H20N4O3S. The number of anilines is 1. The number of nitrogens with one attached hydrogen (secondary N) is 1. The van der Waals surface area contributed by atoms with Gasteiger partial charge in [-0.1, -0.05) is 41.7 Å². The molecule has 8 heteroatoms. The number of hydrogen-bond donors (Lipinski definition) is 1. The van der Waals surface area contributed by atoms with Gasteiger partial charge in [0, 0.05) is 19.4 Å². The highest BCUT2D eigenvalue weighted by Gasteiger charge is 2.11. The molecule has 0 atom stereocenters. The summed E-state index contributed by atoms with van der Waals surface area (Å²) in [6.45, 7) is 1.04. The van der Waals surface area contributed by atoms with Crippen molar-refractivity contribution < 1.29 is 14.3 Å². The van der Waals surface area contributed by atoms with Crippen LogP contribution < -0.4 is 10.1 Å². The van der Waals surface area contributed by atoms with Crippen molar-refractivity contribution in [2.45, 2.75) is 19.8 Å². The predicted molar refractivity (Wildman–Crippen MR) is 112 cm³/mol. The molecular weight excluding hydrogens is 388 g/mol. The molecule has 0 saturated heterocycles. The van der Waals surface area contributed by atoms with Crippen molar-refractivity contribution >= 4 is 33.3 Å². The Bertz CT molecular complexity index is 1110. The Morgan fingerprint density at radius 3 is 2.79 bits per heavy atom. The van der Waals surface area contributed by atoms with Gasteiger partial charge in [0.25, 0.3) is 0 Å². The van der Waals surface area contributed by atoms with Crippen LogP contribution in [-0.4, -0.2) is 27.8 Å². The van der Waals surface area contributed by atoms with Gasteiger partial charge in [-0.15, -0.1) is 10.2 Å². The van der Waals surface area contributed by atoms with E-state index >= 15 is 0 Å². The van der Waals surface area contributed by atoms with Gasteiger partial charge in [-0.2, -0.15) is 0 Å². The summed E-state index contributed by atoms with van der Waals surface area (Å²) in [6, 6.07) is 17.9. The number of fused-ring (bicyclic) bond motifs is 1. The molecule has 2 aromatic heterocycles. The Morgan fingerprint density at radius 1 is 1.10 bits per heavy atom. The van der Waals surface area contributed by atoms with Gasteiger partial charge in [0.2, 0.25) is 11.0 Å². The van der Waals surface area contributed by atoms with Crippen LogP contribution >= 0.6 is 11.3 Å². The number of benzene rings is 2. The van der Waals surface area contributed by atoms with Crippen LogP contribution in [0.1, 0.15) is 10.6 Å². The highest BCUT2D eigenvalue weighted by molar-refractivity contribution is 7.15. The maximum atomic E-state index is 12.4. The number of methoxy groups -OCH3 is 1. The summed E-state index contributed by atoms with van der Waals surface area (Å²) < 4.78 is 12.8. The number of rotatable bonds is 8. The molecule has 2 heterocycles. The van der Waals surface area contributed by atoms with E-state index in [2.05, 4.69) is 15.5 Å². The van der Waals surface area contributed by atoms with E-state index in [0.717, 1.165) is 27.2 Å². The lowest BCUT2D eigenvalue weighted by atomic mass is 10.2. The number of hydrogen-bond acceptors (Lipinski definition) is 6. The van der Waals surface area contributed by atoms with Crippen molar-refractivity contribution in [3.63, 3.8) is 0 Å². The summed E-state index contributed by atoms with van der Waals surface area (Å²) in [5.74, 6) is 0.591.